The Labute approximate surface area is 206 Å². The second-order valence-electron chi connectivity index (χ2n) is 9.22. The van der Waals surface area contributed by atoms with Gasteiger partial charge < -0.3 is 15.5 Å². The molecule has 0 aromatic heterocycles. The van der Waals surface area contributed by atoms with Gasteiger partial charge in [-0.1, -0.05) is 61.4 Å². The van der Waals surface area contributed by atoms with E-state index < -0.39 is 5.38 Å². The highest BCUT2D eigenvalue weighted by Crippen LogP contribution is 2.27. The molecular weight excluding hydrogens is 450 g/mol. The van der Waals surface area contributed by atoms with Gasteiger partial charge in [0.2, 0.25) is 11.8 Å². The number of piperidine rings is 1. The van der Waals surface area contributed by atoms with Crippen molar-refractivity contribution in [3.63, 3.8) is 0 Å². The van der Waals surface area contributed by atoms with Crippen LogP contribution in [0.3, 0.4) is 0 Å². The molecule has 2 aliphatic rings. The Hall–Kier alpha value is -2.86. The molecule has 3 amide bonds. The molecular formula is C27H32ClN3O3. The van der Waals surface area contributed by atoms with Crippen molar-refractivity contribution in [3.8, 4) is 0 Å². The summed E-state index contributed by atoms with van der Waals surface area (Å²) in [6.07, 6.45) is 5.01. The normalized spacial score (nSPS) is 22.0. The zero-order valence-corrected chi connectivity index (χ0v) is 20.0. The molecule has 180 valence electrons. The fraction of sp³-hybridized carbons (Fsp3) is 0.444. The number of halogens is 1. The molecule has 7 heteroatoms. The molecule has 2 fully saturated rings. The summed E-state index contributed by atoms with van der Waals surface area (Å²) < 4.78 is 0. The van der Waals surface area contributed by atoms with Crippen molar-refractivity contribution >= 4 is 29.3 Å². The van der Waals surface area contributed by atoms with Gasteiger partial charge in [-0.2, -0.15) is 0 Å². The quantitative estimate of drug-likeness (QED) is 0.610. The van der Waals surface area contributed by atoms with Crippen LogP contribution in [0, 0.1) is 5.92 Å². The van der Waals surface area contributed by atoms with Crippen LogP contribution in [-0.2, 0) is 9.59 Å². The summed E-state index contributed by atoms with van der Waals surface area (Å²) in [5.74, 6) is -0.333. The molecule has 1 aliphatic carbocycles. The number of alkyl halides is 1. The van der Waals surface area contributed by atoms with E-state index in [2.05, 4.69) is 10.6 Å². The van der Waals surface area contributed by atoms with Crippen molar-refractivity contribution in [2.24, 2.45) is 5.92 Å². The number of nitrogens with one attached hydrogen (secondary N) is 2. The van der Waals surface area contributed by atoms with Crippen LogP contribution in [0.25, 0.3) is 0 Å². The van der Waals surface area contributed by atoms with Gasteiger partial charge in [-0.05, 0) is 43.4 Å². The van der Waals surface area contributed by atoms with Crippen molar-refractivity contribution in [2.75, 3.05) is 13.1 Å². The first-order chi connectivity index (χ1) is 16.5. The Morgan fingerprint density at radius 2 is 1.35 bits per heavy atom. The molecule has 34 heavy (non-hydrogen) atoms. The van der Waals surface area contributed by atoms with E-state index in [1.165, 1.54) is 0 Å². The highest BCUT2D eigenvalue weighted by atomic mass is 35.5. The van der Waals surface area contributed by atoms with E-state index in [1.54, 1.807) is 17.0 Å². The minimum Gasteiger partial charge on any atom is -0.351 e. The summed E-state index contributed by atoms with van der Waals surface area (Å²) in [6.45, 7) is 1.04. The number of nitrogens with zero attached hydrogens (tertiary/aromatic N) is 1. The highest BCUT2D eigenvalue weighted by Gasteiger charge is 2.33. The third kappa shape index (κ3) is 5.98. The molecule has 1 saturated heterocycles. The van der Waals surface area contributed by atoms with Gasteiger partial charge in [-0.25, -0.2) is 0 Å². The summed E-state index contributed by atoms with van der Waals surface area (Å²) in [5, 5.41) is 5.62. The number of rotatable bonds is 6. The fourth-order valence-corrected chi connectivity index (χ4v) is 5.19. The number of carbonyl (C=O) groups is 3. The standard InChI is InChI=1S/C27H32ClN3O3/c28-24(19-9-3-1-4-10-19)27(34)31-17-15-21(16-18-31)26(33)30-23-14-8-7-13-22(23)29-25(32)20-11-5-2-6-12-20/h1-6,9-12,21-24H,7-8,13-18H2,(H,29,32)(H,30,33)/t22-,23-,24?/m1/s1. The Kier molecular flexibility index (Phi) is 8.22. The maximum absolute atomic E-state index is 13.0. The molecule has 1 aliphatic heterocycles. The van der Waals surface area contributed by atoms with Crippen molar-refractivity contribution < 1.29 is 14.4 Å². The van der Waals surface area contributed by atoms with Gasteiger partial charge in [0, 0.05) is 36.7 Å². The Morgan fingerprint density at radius 3 is 1.97 bits per heavy atom. The van der Waals surface area contributed by atoms with Gasteiger partial charge in [0.25, 0.3) is 5.91 Å². The third-order valence-corrected chi connectivity index (χ3v) is 7.37. The largest absolute Gasteiger partial charge is 0.351 e. The molecule has 2 aromatic carbocycles. The SMILES string of the molecule is O=C(N[C@@H]1CCCC[C@H]1NC(=O)C1CCN(C(=O)C(Cl)c2ccccc2)CC1)c1ccccc1. The van der Waals surface area contributed by atoms with Gasteiger partial charge in [-0.3, -0.25) is 14.4 Å². The molecule has 1 unspecified atom stereocenters. The minimum atomic E-state index is -0.706. The Bertz CT molecular complexity index is 977. The monoisotopic (exact) mass is 481 g/mol. The van der Waals surface area contributed by atoms with Crippen LogP contribution in [0.2, 0.25) is 0 Å². The number of carbonyl (C=O) groups excluding carboxylic acids is 3. The smallest absolute Gasteiger partial charge is 0.251 e. The summed E-state index contributed by atoms with van der Waals surface area (Å²) in [4.78, 5) is 40.2. The molecule has 1 saturated carbocycles. The molecule has 2 N–H and O–H groups in total. The lowest BCUT2D eigenvalue weighted by molar-refractivity contribution is -0.135. The van der Waals surface area contributed by atoms with Crippen molar-refractivity contribution in [3.05, 3.63) is 71.8 Å². The van der Waals surface area contributed by atoms with Crippen LogP contribution >= 0.6 is 11.6 Å². The number of hydrogen-bond acceptors (Lipinski definition) is 3. The Balaban J connectivity index is 1.28. The van der Waals surface area contributed by atoms with Crippen LogP contribution in [0.1, 0.15) is 59.8 Å². The van der Waals surface area contributed by atoms with Gasteiger partial charge in [0.15, 0.2) is 0 Å². The van der Waals surface area contributed by atoms with Gasteiger partial charge in [0.1, 0.15) is 5.38 Å². The van der Waals surface area contributed by atoms with Crippen molar-refractivity contribution in [1.82, 2.24) is 15.5 Å². The number of amides is 3. The molecule has 4 rings (SSSR count). The lowest BCUT2D eigenvalue weighted by Crippen LogP contribution is -2.55. The summed E-state index contributed by atoms with van der Waals surface area (Å²) >= 11 is 6.41. The predicted octanol–water partition coefficient (Wildman–Crippen LogP) is 4.06. The second kappa shape index (κ2) is 11.5. The fourth-order valence-electron chi connectivity index (χ4n) is 4.91. The lowest BCUT2D eigenvalue weighted by Gasteiger charge is -2.36. The van der Waals surface area contributed by atoms with Crippen LogP contribution in [-0.4, -0.2) is 47.8 Å². The van der Waals surface area contributed by atoms with E-state index in [9.17, 15) is 14.4 Å². The van der Waals surface area contributed by atoms with E-state index >= 15 is 0 Å². The minimum absolute atomic E-state index is 0.0171. The lowest BCUT2D eigenvalue weighted by atomic mass is 9.88. The molecule has 3 atom stereocenters. The van der Waals surface area contributed by atoms with Crippen molar-refractivity contribution in [1.29, 1.82) is 0 Å². The number of hydrogen-bond donors (Lipinski definition) is 2. The average molecular weight is 482 g/mol. The van der Waals surface area contributed by atoms with E-state index in [1.807, 2.05) is 48.5 Å². The first-order valence-corrected chi connectivity index (χ1v) is 12.6. The molecule has 0 spiro atoms. The summed E-state index contributed by atoms with van der Waals surface area (Å²) in [7, 11) is 0. The number of likely N-dealkylation sites (tertiary alicyclic amines) is 1. The Morgan fingerprint density at radius 1 is 0.794 bits per heavy atom. The van der Waals surface area contributed by atoms with E-state index in [0.717, 1.165) is 31.2 Å². The van der Waals surface area contributed by atoms with Crippen LogP contribution in [0.4, 0.5) is 0 Å². The van der Waals surface area contributed by atoms with E-state index in [-0.39, 0.29) is 35.7 Å². The highest BCUT2D eigenvalue weighted by molar-refractivity contribution is 6.30. The molecule has 2 aromatic rings. The maximum atomic E-state index is 13.0. The van der Waals surface area contributed by atoms with Gasteiger partial charge >= 0.3 is 0 Å². The maximum Gasteiger partial charge on any atom is 0.251 e. The number of benzene rings is 2. The molecule has 6 nitrogen and oxygen atoms in total. The zero-order valence-electron chi connectivity index (χ0n) is 19.3. The molecule has 0 bridgehead atoms. The van der Waals surface area contributed by atoms with Gasteiger partial charge in [0.05, 0.1) is 0 Å². The first kappa shape index (κ1) is 24.3. The second-order valence-corrected chi connectivity index (χ2v) is 9.65. The topological polar surface area (TPSA) is 78.5 Å². The van der Waals surface area contributed by atoms with Crippen LogP contribution < -0.4 is 10.6 Å². The van der Waals surface area contributed by atoms with E-state index in [4.69, 9.17) is 11.6 Å². The summed E-state index contributed by atoms with van der Waals surface area (Å²) in [5.41, 5.74) is 1.42. The van der Waals surface area contributed by atoms with E-state index in [0.29, 0.717) is 31.5 Å². The van der Waals surface area contributed by atoms with Gasteiger partial charge in [-0.15, -0.1) is 11.6 Å². The van der Waals surface area contributed by atoms with Crippen LogP contribution in [0.5, 0.6) is 0 Å². The first-order valence-electron chi connectivity index (χ1n) is 12.2. The predicted molar refractivity (Wildman–Crippen MR) is 132 cm³/mol. The summed E-state index contributed by atoms with van der Waals surface area (Å²) in [6, 6.07) is 18.4. The zero-order chi connectivity index (χ0) is 23.9. The van der Waals surface area contributed by atoms with Crippen LogP contribution in [0.15, 0.2) is 60.7 Å². The molecule has 1 heterocycles. The van der Waals surface area contributed by atoms with Crippen molar-refractivity contribution in [2.45, 2.75) is 56.0 Å². The molecule has 0 radical (unpaired) electrons. The average Bonchev–Trinajstić information content (AvgIpc) is 2.90. The third-order valence-electron chi connectivity index (χ3n) is 6.93.